The lowest BCUT2D eigenvalue weighted by molar-refractivity contribution is -0.137. The molecule has 0 radical (unpaired) electrons. The fourth-order valence-electron chi connectivity index (χ4n) is 1.87. The van der Waals surface area contributed by atoms with E-state index in [0.29, 0.717) is 13.1 Å². The Morgan fingerprint density at radius 2 is 2.14 bits per heavy atom. The summed E-state index contributed by atoms with van der Waals surface area (Å²) in [5.74, 6) is -1.08. The van der Waals surface area contributed by atoms with Gasteiger partial charge in [-0.25, -0.2) is 13.1 Å². The number of carboxylic acids is 1. The molecule has 1 heterocycles. The van der Waals surface area contributed by atoms with Crippen LogP contribution in [0.3, 0.4) is 0 Å². The number of hydrogen-bond acceptors (Lipinski definition) is 5. The molecule has 0 aliphatic rings. The fourth-order valence-corrected chi connectivity index (χ4v) is 2.85. The second-order valence-electron chi connectivity index (χ2n) is 4.60. The molecule has 1 rings (SSSR count). The molecule has 1 aromatic heterocycles. The van der Waals surface area contributed by atoms with Gasteiger partial charge in [-0.15, -0.1) is 0 Å². The van der Waals surface area contributed by atoms with Crippen molar-refractivity contribution in [3.8, 4) is 0 Å². The second-order valence-corrected chi connectivity index (χ2v) is 6.37. The van der Waals surface area contributed by atoms with Gasteiger partial charge in [-0.05, 0) is 19.5 Å². The number of carbonyl (C=O) groups is 1. The van der Waals surface area contributed by atoms with Gasteiger partial charge in [0.05, 0.1) is 6.20 Å². The third kappa shape index (κ3) is 5.82. The summed E-state index contributed by atoms with van der Waals surface area (Å²) in [5, 5.41) is 12.3. The van der Waals surface area contributed by atoms with E-state index in [4.69, 9.17) is 5.11 Å². The molecule has 0 saturated heterocycles. The Bertz CT molecular complexity index is 555. The van der Waals surface area contributed by atoms with Crippen LogP contribution in [0, 0.1) is 0 Å². The molecule has 0 spiro atoms. The second kappa shape index (κ2) is 8.11. The molecule has 2 N–H and O–H groups in total. The van der Waals surface area contributed by atoms with E-state index in [1.54, 1.807) is 0 Å². The Balaban J connectivity index is 2.57. The number of aliphatic carboxylic acids is 1. The van der Waals surface area contributed by atoms with Crippen molar-refractivity contribution in [2.45, 2.75) is 31.7 Å². The molecule has 0 aliphatic carbocycles. The first kappa shape index (κ1) is 17.6. The Labute approximate surface area is 124 Å². The first-order valence-corrected chi connectivity index (χ1v) is 8.33. The van der Waals surface area contributed by atoms with Crippen molar-refractivity contribution in [1.29, 1.82) is 0 Å². The Morgan fingerprint density at radius 3 is 2.71 bits per heavy atom. The van der Waals surface area contributed by atoms with E-state index in [2.05, 4.69) is 21.6 Å². The maximum atomic E-state index is 12.0. The van der Waals surface area contributed by atoms with E-state index in [-0.39, 0.29) is 11.4 Å². The van der Waals surface area contributed by atoms with Crippen LogP contribution in [0.5, 0.6) is 0 Å². The maximum Gasteiger partial charge on any atom is 0.325 e. The maximum absolute atomic E-state index is 12.0. The van der Waals surface area contributed by atoms with Gasteiger partial charge in [0.1, 0.15) is 11.4 Å². The highest BCUT2D eigenvalue weighted by molar-refractivity contribution is 7.89. The quantitative estimate of drug-likeness (QED) is 0.628. The van der Waals surface area contributed by atoms with Gasteiger partial charge in [0.25, 0.3) is 0 Å². The van der Waals surface area contributed by atoms with Crippen LogP contribution in [0.15, 0.2) is 17.3 Å². The molecule has 9 heteroatoms. The van der Waals surface area contributed by atoms with Gasteiger partial charge in [0.2, 0.25) is 10.0 Å². The number of likely N-dealkylation sites (N-methyl/N-ethyl adjacent to an activating group) is 1. The third-order valence-corrected chi connectivity index (χ3v) is 4.34. The summed E-state index contributed by atoms with van der Waals surface area (Å²) in [4.78, 5) is 12.7. The summed E-state index contributed by atoms with van der Waals surface area (Å²) < 4.78 is 27.6. The van der Waals surface area contributed by atoms with Crippen LogP contribution in [0.4, 0.5) is 0 Å². The Kier molecular flexibility index (Phi) is 6.79. The van der Waals surface area contributed by atoms with Crippen LogP contribution in [0.1, 0.15) is 20.3 Å². The summed E-state index contributed by atoms with van der Waals surface area (Å²) in [7, 11) is -3.65. The van der Waals surface area contributed by atoms with Gasteiger partial charge in [-0.2, -0.15) is 5.10 Å². The monoisotopic (exact) mass is 318 g/mol. The minimum Gasteiger partial charge on any atom is -0.480 e. The van der Waals surface area contributed by atoms with E-state index in [1.807, 2.05) is 6.92 Å². The highest BCUT2D eigenvalue weighted by Crippen LogP contribution is 2.06. The third-order valence-electron chi connectivity index (χ3n) is 2.92. The highest BCUT2D eigenvalue weighted by atomic mass is 32.2. The van der Waals surface area contributed by atoms with E-state index >= 15 is 0 Å². The number of nitrogens with one attached hydrogen (secondary N) is 1. The molecule has 0 aliphatic heterocycles. The Morgan fingerprint density at radius 1 is 1.43 bits per heavy atom. The molecule has 1 aromatic rings. The molecule has 0 aromatic carbocycles. The first-order valence-electron chi connectivity index (χ1n) is 6.85. The molecule has 8 nitrogen and oxygen atoms in total. The molecule has 0 atom stereocenters. The van der Waals surface area contributed by atoms with Crippen LogP contribution < -0.4 is 4.72 Å². The van der Waals surface area contributed by atoms with Crippen LogP contribution in [0.2, 0.25) is 0 Å². The average molecular weight is 318 g/mol. The number of rotatable bonds is 10. The molecule has 21 heavy (non-hydrogen) atoms. The molecule has 0 bridgehead atoms. The van der Waals surface area contributed by atoms with E-state index in [1.165, 1.54) is 6.20 Å². The predicted octanol–water partition coefficient (Wildman–Crippen LogP) is -0.0221. The standard InChI is InChI=1S/C12H22N4O4S/c1-3-6-15(4-2)7-5-14-21(19,20)11-8-13-16(9-11)10-12(17)18/h8-9,14H,3-7,10H2,1-2H3,(H,17,18). The zero-order valence-corrected chi connectivity index (χ0v) is 13.1. The normalized spacial score (nSPS) is 12.0. The highest BCUT2D eigenvalue weighted by Gasteiger charge is 2.17. The first-order chi connectivity index (χ1) is 9.89. The van der Waals surface area contributed by atoms with Crippen LogP contribution >= 0.6 is 0 Å². The number of nitrogens with zero attached hydrogens (tertiary/aromatic N) is 3. The van der Waals surface area contributed by atoms with Gasteiger partial charge >= 0.3 is 5.97 Å². The van der Waals surface area contributed by atoms with Gasteiger partial charge in [-0.3, -0.25) is 9.48 Å². The minimum atomic E-state index is -3.65. The topological polar surface area (TPSA) is 105 Å². The van der Waals surface area contributed by atoms with Gasteiger partial charge in [0.15, 0.2) is 0 Å². The lowest BCUT2D eigenvalue weighted by atomic mass is 10.4. The van der Waals surface area contributed by atoms with Gasteiger partial charge in [0, 0.05) is 19.3 Å². The van der Waals surface area contributed by atoms with E-state index in [9.17, 15) is 13.2 Å². The minimum absolute atomic E-state index is 0.0257. The number of sulfonamides is 1. The summed E-state index contributed by atoms with van der Waals surface area (Å²) in [6, 6.07) is 0. The number of carboxylic acid groups (broad SMARTS) is 1. The van der Waals surface area contributed by atoms with Crippen molar-refractivity contribution in [1.82, 2.24) is 19.4 Å². The van der Waals surface area contributed by atoms with E-state index < -0.39 is 16.0 Å². The summed E-state index contributed by atoms with van der Waals surface area (Å²) in [6.07, 6.45) is 3.37. The lowest BCUT2D eigenvalue weighted by Crippen LogP contribution is -2.35. The predicted molar refractivity (Wildman–Crippen MR) is 77.5 cm³/mol. The molecular weight excluding hydrogens is 296 g/mol. The van der Waals surface area contributed by atoms with Gasteiger partial charge < -0.3 is 10.0 Å². The summed E-state index contributed by atoms with van der Waals surface area (Å²) >= 11 is 0. The molecular formula is C12H22N4O4S. The van der Waals surface area contributed by atoms with Crippen molar-refractivity contribution in [2.75, 3.05) is 26.2 Å². The largest absolute Gasteiger partial charge is 0.480 e. The molecule has 0 fully saturated rings. The van der Waals surface area contributed by atoms with Crippen molar-refractivity contribution in [3.63, 3.8) is 0 Å². The van der Waals surface area contributed by atoms with Crippen molar-refractivity contribution in [3.05, 3.63) is 12.4 Å². The van der Waals surface area contributed by atoms with Crippen molar-refractivity contribution >= 4 is 16.0 Å². The fraction of sp³-hybridized carbons (Fsp3) is 0.667. The lowest BCUT2D eigenvalue weighted by Gasteiger charge is -2.19. The zero-order valence-electron chi connectivity index (χ0n) is 12.3. The Hall–Kier alpha value is -1.45. The summed E-state index contributed by atoms with van der Waals surface area (Å²) in [5.41, 5.74) is 0. The van der Waals surface area contributed by atoms with Gasteiger partial charge in [-0.1, -0.05) is 13.8 Å². The molecule has 120 valence electrons. The van der Waals surface area contributed by atoms with Crippen LogP contribution in [-0.2, 0) is 21.4 Å². The zero-order chi connectivity index (χ0) is 15.9. The van der Waals surface area contributed by atoms with Crippen LogP contribution in [0.25, 0.3) is 0 Å². The molecule has 0 saturated carbocycles. The summed E-state index contributed by atoms with van der Waals surface area (Å²) in [6.45, 7) is 6.47. The number of aromatic nitrogens is 2. The van der Waals surface area contributed by atoms with Crippen molar-refractivity contribution in [2.24, 2.45) is 0 Å². The van der Waals surface area contributed by atoms with E-state index in [0.717, 1.165) is 30.4 Å². The number of hydrogen-bond donors (Lipinski definition) is 2. The average Bonchev–Trinajstić information content (AvgIpc) is 2.86. The van der Waals surface area contributed by atoms with Crippen molar-refractivity contribution < 1.29 is 18.3 Å². The molecule has 0 amide bonds. The smallest absolute Gasteiger partial charge is 0.325 e. The molecule has 0 unspecified atom stereocenters. The SMILES string of the molecule is CCCN(CC)CCNS(=O)(=O)c1cnn(CC(=O)O)c1. The van der Waals surface area contributed by atoms with Crippen LogP contribution in [-0.4, -0.2) is 60.4 Å².